The molecule has 0 saturated carbocycles. The van der Waals surface area contributed by atoms with E-state index in [0.29, 0.717) is 29.1 Å². The van der Waals surface area contributed by atoms with Gasteiger partial charge in [-0.25, -0.2) is 9.48 Å². The third-order valence-electron chi connectivity index (χ3n) is 5.43. The molecule has 0 atom stereocenters. The van der Waals surface area contributed by atoms with Gasteiger partial charge in [-0.15, -0.1) is 0 Å². The Labute approximate surface area is 182 Å². The number of benzene rings is 1. The number of hydrogen-bond donors (Lipinski definition) is 0. The molecule has 0 fully saturated rings. The minimum Gasteiger partial charge on any atom is -0.454 e. The Bertz CT molecular complexity index is 1080. The first-order valence-electron chi connectivity index (χ1n) is 10.3. The SMILES string of the molecule is COCCCn1c(C)cc(C(=O)COC(=O)c2c(C)nn(-c3ccccc3)c2C)c1C. The first kappa shape index (κ1) is 22.5. The van der Waals surface area contributed by atoms with Crippen LogP contribution in [0.2, 0.25) is 0 Å². The summed E-state index contributed by atoms with van der Waals surface area (Å²) in [6.07, 6.45) is 0.861. The van der Waals surface area contributed by atoms with Crippen molar-refractivity contribution in [2.45, 2.75) is 40.7 Å². The molecule has 0 radical (unpaired) electrons. The van der Waals surface area contributed by atoms with E-state index in [-0.39, 0.29) is 12.4 Å². The highest BCUT2D eigenvalue weighted by molar-refractivity contribution is 6.00. The number of esters is 1. The van der Waals surface area contributed by atoms with Crippen molar-refractivity contribution in [2.24, 2.45) is 0 Å². The first-order chi connectivity index (χ1) is 14.8. The number of ether oxygens (including phenoxy) is 2. The molecule has 3 rings (SSSR count). The van der Waals surface area contributed by atoms with Crippen molar-refractivity contribution >= 4 is 11.8 Å². The summed E-state index contributed by atoms with van der Waals surface area (Å²) in [5, 5.41) is 4.47. The molecule has 7 heteroatoms. The Balaban J connectivity index is 1.71. The molecule has 2 aromatic heterocycles. The van der Waals surface area contributed by atoms with E-state index in [1.165, 1.54) is 0 Å². The molecule has 164 valence electrons. The Morgan fingerprint density at radius 2 is 1.74 bits per heavy atom. The molecule has 7 nitrogen and oxygen atoms in total. The van der Waals surface area contributed by atoms with E-state index in [1.54, 1.807) is 18.7 Å². The smallest absolute Gasteiger partial charge is 0.342 e. The zero-order valence-corrected chi connectivity index (χ0v) is 18.8. The second kappa shape index (κ2) is 9.75. The van der Waals surface area contributed by atoms with Gasteiger partial charge in [0.2, 0.25) is 5.78 Å². The fourth-order valence-corrected chi connectivity index (χ4v) is 3.83. The number of carbonyl (C=O) groups is 2. The molecule has 0 aliphatic carbocycles. The van der Waals surface area contributed by atoms with E-state index in [4.69, 9.17) is 9.47 Å². The number of carbonyl (C=O) groups excluding carboxylic acids is 2. The number of nitrogens with zero attached hydrogens (tertiary/aromatic N) is 3. The third-order valence-corrected chi connectivity index (χ3v) is 5.43. The molecular weight excluding hydrogens is 394 g/mol. The largest absolute Gasteiger partial charge is 0.454 e. The van der Waals surface area contributed by atoms with E-state index in [0.717, 1.165) is 30.0 Å². The number of hydrogen-bond acceptors (Lipinski definition) is 5. The highest BCUT2D eigenvalue weighted by Gasteiger charge is 2.23. The van der Waals surface area contributed by atoms with Crippen LogP contribution in [0.15, 0.2) is 36.4 Å². The van der Waals surface area contributed by atoms with Gasteiger partial charge in [-0.2, -0.15) is 5.10 Å². The fourth-order valence-electron chi connectivity index (χ4n) is 3.83. The lowest BCUT2D eigenvalue weighted by Gasteiger charge is -2.09. The molecule has 0 spiro atoms. The van der Waals surface area contributed by atoms with Gasteiger partial charge in [0, 0.05) is 37.2 Å². The fraction of sp³-hybridized carbons (Fsp3) is 0.375. The molecule has 0 bridgehead atoms. The number of ketones is 1. The van der Waals surface area contributed by atoms with Gasteiger partial charge >= 0.3 is 5.97 Å². The molecular formula is C24H29N3O4. The molecule has 3 aromatic rings. The lowest BCUT2D eigenvalue weighted by atomic mass is 10.1. The zero-order valence-electron chi connectivity index (χ0n) is 18.8. The minimum atomic E-state index is -0.542. The number of aromatic nitrogens is 3. The first-order valence-corrected chi connectivity index (χ1v) is 10.3. The highest BCUT2D eigenvalue weighted by Crippen LogP contribution is 2.20. The average molecular weight is 424 g/mol. The van der Waals surface area contributed by atoms with Crippen LogP contribution in [0.1, 0.15) is 49.9 Å². The van der Waals surface area contributed by atoms with Crippen molar-refractivity contribution in [1.29, 1.82) is 0 Å². The van der Waals surface area contributed by atoms with Crippen LogP contribution in [0.5, 0.6) is 0 Å². The summed E-state index contributed by atoms with van der Waals surface area (Å²) in [6.45, 7) is 8.58. The normalized spacial score (nSPS) is 11.0. The second-order valence-electron chi connectivity index (χ2n) is 7.58. The lowest BCUT2D eigenvalue weighted by Crippen LogP contribution is -2.16. The summed E-state index contributed by atoms with van der Waals surface area (Å²) < 4.78 is 14.3. The topological polar surface area (TPSA) is 75.3 Å². The monoisotopic (exact) mass is 423 g/mol. The summed E-state index contributed by atoms with van der Waals surface area (Å²) in [4.78, 5) is 25.5. The zero-order chi connectivity index (χ0) is 22.5. The summed E-state index contributed by atoms with van der Waals surface area (Å²) in [5.41, 5.74) is 4.95. The van der Waals surface area contributed by atoms with Gasteiger partial charge in [-0.1, -0.05) is 18.2 Å². The van der Waals surface area contributed by atoms with Gasteiger partial charge in [-0.3, -0.25) is 4.79 Å². The minimum absolute atomic E-state index is 0.217. The Hall–Kier alpha value is -3.19. The van der Waals surface area contributed by atoms with Crippen LogP contribution in [0.25, 0.3) is 5.69 Å². The Kier molecular flexibility index (Phi) is 7.07. The third kappa shape index (κ3) is 4.77. The molecule has 31 heavy (non-hydrogen) atoms. The molecule has 2 heterocycles. The van der Waals surface area contributed by atoms with Crippen molar-refractivity contribution < 1.29 is 19.1 Å². The van der Waals surface area contributed by atoms with E-state index in [9.17, 15) is 9.59 Å². The quantitative estimate of drug-likeness (QED) is 0.296. The van der Waals surface area contributed by atoms with Crippen LogP contribution >= 0.6 is 0 Å². The van der Waals surface area contributed by atoms with Gasteiger partial charge in [-0.05, 0) is 52.3 Å². The van der Waals surface area contributed by atoms with Crippen molar-refractivity contribution in [2.75, 3.05) is 20.3 Å². The van der Waals surface area contributed by atoms with Crippen LogP contribution in [-0.2, 0) is 16.0 Å². The molecule has 0 N–H and O–H groups in total. The van der Waals surface area contributed by atoms with Gasteiger partial charge in [0.05, 0.1) is 17.1 Å². The lowest BCUT2D eigenvalue weighted by molar-refractivity contribution is 0.0473. The molecule has 0 saturated heterocycles. The molecule has 0 aliphatic rings. The van der Waals surface area contributed by atoms with E-state index in [2.05, 4.69) is 9.67 Å². The van der Waals surface area contributed by atoms with Gasteiger partial charge in [0.15, 0.2) is 6.61 Å². The molecule has 0 amide bonds. The highest BCUT2D eigenvalue weighted by atomic mass is 16.5. The van der Waals surface area contributed by atoms with Crippen molar-refractivity contribution in [3.8, 4) is 5.69 Å². The Morgan fingerprint density at radius 1 is 1.03 bits per heavy atom. The maximum atomic E-state index is 12.8. The van der Waals surface area contributed by atoms with Crippen LogP contribution < -0.4 is 0 Å². The van der Waals surface area contributed by atoms with Crippen LogP contribution in [0.3, 0.4) is 0 Å². The summed E-state index contributed by atoms with van der Waals surface area (Å²) in [5.74, 6) is -0.760. The number of Topliss-reactive ketones (excluding diaryl/α,β-unsaturated/α-hetero) is 1. The van der Waals surface area contributed by atoms with E-state index in [1.807, 2.05) is 57.2 Å². The predicted octanol–water partition coefficient (Wildman–Crippen LogP) is 3.98. The standard InChI is InChI=1S/C24H29N3O4/c1-16-14-21(18(3)26(16)12-9-13-30-5)22(28)15-31-24(29)23-17(2)25-27(19(23)4)20-10-7-6-8-11-20/h6-8,10-11,14H,9,12-13,15H2,1-5H3. The summed E-state index contributed by atoms with van der Waals surface area (Å²) in [7, 11) is 1.67. The maximum absolute atomic E-state index is 12.8. The van der Waals surface area contributed by atoms with Crippen LogP contribution in [0, 0.1) is 27.7 Å². The van der Waals surface area contributed by atoms with Gasteiger partial charge in [0.1, 0.15) is 5.56 Å². The van der Waals surface area contributed by atoms with E-state index >= 15 is 0 Å². The van der Waals surface area contributed by atoms with Crippen molar-refractivity contribution in [1.82, 2.24) is 14.3 Å². The number of aryl methyl sites for hydroxylation is 2. The van der Waals surface area contributed by atoms with Crippen molar-refractivity contribution in [3.05, 3.63) is 70.3 Å². The predicted molar refractivity (Wildman–Crippen MR) is 118 cm³/mol. The van der Waals surface area contributed by atoms with Gasteiger partial charge < -0.3 is 14.0 Å². The molecule has 0 aliphatic heterocycles. The average Bonchev–Trinajstić information content (AvgIpc) is 3.22. The summed E-state index contributed by atoms with van der Waals surface area (Å²) >= 11 is 0. The van der Waals surface area contributed by atoms with Gasteiger partial charge in [0.25, 0.3) is 0 Å². The van der Waals surface area contributed by atoms with Crippen LogP contribution in [0.4, 0.5) is 0 Å². The second-order valence-corrected chi connectivity index (χ2v) is 7.58. The van der Waals surface area contributed by atoms with E-state index < -0.39 is 5.97 Å². The number of methoxy groups -OCH3 is 1. The van der Waals surface area contributed by atoms with Crippen molar-refractivity contribution in [3.63, 3.8) is 0 Å². The molecule has 0 unspecified atom stereocenters. The summed E-state index contributed by atoms with van der Waals surface area (Å²) in [6, 6.07) is 11.4. The molecule has 1 aromatic carbocycles. The maximum Gasteiger partial charge on any atom is 0.342 e. The number of para-hydroxylation sites is 1. The van der Waals surface area contributed by atoms with Crippen LogP contribution in [-0.4, -0.2) is 46.4 Å². The number of rotatable bonds is 9. The Morgan fingerprint density at radius 3 is 2.42 bits per heavy atom.